The molecule has 0 aromatic heterocycles. The standard InChI is InChI=1S/C34H41N3O5/c1-25(38)35-23-28-15-9-11-17-31(28)41-30-16-10-8-14-27(30)18-19-32(39)37-21-20-36(33(40)42-34(2,3)4)24-29(37)22-26-12-6-5-7-13-26/h5-17,29H,18-24H2,1-4H3,(H,35,38)/t29-/m1/s1. The summed E-state index contributed by atoms with van der Waals surface area (Å²) in [6.45, 7) is 8.71. The van der Waals surface area contributed by atoms with Gasteiger partial charge in [-0.05, 0) is 56.9 Å². The molecule has 3 amide bonds. The van der Waals surface area contributed by atoms with Crippen LogP contribution in [0, 0.1) is 0 Å². The third-order valence-electron chi connectivity index (χ3n) is 7.07. The Morgan fingerprint density at radius 3 is 2.14 bits per heavy atom. The number of nitrogens with one attached hydrogen (secondary N) is 1. The zero-order valence-electron chi connectivity index (χ0n) is 25.0. The second-order valence-corrected chi connectivity index (χ2v) is 11.6. The molecule has 1 fully saturated rings. The predicted octanol–water partition coefficient (Wildman–Crippen LogP) is 5.74. The van der Waals surface area contributed by atoms with E-state index < -0.39 is 5.60 Å². The summed E-state index contributed by atoms with van der Waals surface area (Å²) < 4.78 is 11.9. The van der Waals surface area contributed by atoms with Gasteiger partial charge in [0.1, 0.15) is 17.1 Å². The lowest BCUT2D eigenvalue weighted by Crippen LogP contribution is -2.57. The number of hydrogen-bond acceptors (Lipinski definition) is 5. The number of rotatable bonds is 9. The fraction of sp³-hybridized carbons (Fsp3) is 0.382. The number of hydrogen-bond donors (Lipinski definition) is 1. The van der Waals surface area contributed by atoms with Gasteiger partial charge in [0.05, 0.1) is 6.04 Å². The van der Waals surface area contributed by atoms with Crippen LogP contribution in [-0.2, 0) is 33.7 Å². The van der Waals surface area contributed by atoms with Gasteiger partial charge < -0.3 is 24.6 Å². The quantitative estimate of drug-likeness (QED) is 0.354. The van der Waals surface area contributed by atoms with Crippen LogP contribution in [0.5, 0.6) is 11.5 Å². The van der Waals surface area contributed by atoms with Crippen molar-refractivity contribution in [3.63, 3.8) is 0 Å². The molecule has 1 atom stereocenters. The van der Waals surface area contributed by atoms with Crippen LogP contribution in [0.25, 0.3) is 0 Å². The Balaban J connectivity index is 1.45. The van der Waals surface area contributed by atoms with Crippen molar-refractivity contribution < 1.29 is 23.9 Å². The van der Waals surface area contributed by atoms with Crippen LogP contribution in [0.1, 0.15) is 50.8 Å². The lowest BCUT2D eigenvalue weighted by molar-refractivity contribution is -0.136. The average molecular weight is 572 g/mol. The van der Waals surface area contributed by atoms with E-state index in [4.69, 9.17) is 9.47 Å². The highest BCUT2D eigenvalue weighted by Crippen LogP contribution is 2.29. The molecule has 0 spiro atoms. The summed E-state index contributed by atoms with van der Waals surface area (Å²) >= 11 is 0. The zero-order chi connectivity index (χ0) is 30.1. The van der Waals surface area contributed by atoms with Gasteiger partial charge in [-0.2, -0.15) is 0 Å². The van der Waals surface area contributed by atoms with Gasteiger partial charge in [0, 0.05) is 45.1 Å². The van der Waals surface area contributed by atoms with E-state index in [0.29, 0.717) is 56.9 Å². The van der Waals surface area contributed by atoms with E-state index in [0.717, 1.165) is 16.7 Å². The molecule has 42 heavy (non-hydrogen) atoms. The number of piperazine rings is 1. The molecule has 0 radical (unpaired) electrons. The molecule has 8 heteroatoms. The number of benzene rings is 3. The topological polar surface area (TPSA) is 88.2 Å². The fourth-order valence-electron chi connectivity index (χ4n) is 5.02. The van der Waals surface area contributed by atoms with E-state index in [-0.39, 0.29) is 23.9 Å². The summed E-state index contributed by atoms with van der Waals surface area (Å²) in [7, 11) is 0. The molecule has 1 N–H and O–H groups in total. The SMILES string of the molecule is CC(=O)NCc1ccccc1Oc1ccccc1CCC(=O)N1CCN(C(=O)OC(C)(C)C)C[C@H]1Cc1ccccc1. The highest BCUT2D eigenvalue weighted by Gasteiger charge is 2.34. The van der Waals surface area contributed by atoms with Crippen LogP contribution in [0.2, 0.25) is 0 Å². The van der Waals surface area contributed by atoms with Crippen LogP contribution >= 0.6 is 0 Å². The molecule has 1 heterocycles. The minimum Gasteiger partial charge on any atom is -0.457 e. The molecule has 0 unspecified atom stereocenters. The summed E-state index contributed by atoms with van der Waals surface area (Å²) in [6.07, 6.45) is 1.12. The first kappa shape index (κ1) is 30.6. The van der Waals surface area contributed by atoms with Crippen LogP contribution in [0.3, 0.4) is 0 Å². The molecular formula is C34H41N3O5. The Bertz CT molecular complexity index is 1370. The van der Waals surface area contributed by atoms with Crippen LogP contribution < -0.4 is 10.1 Å². The summed E-state index contributed by atoms with van der Waals surface area (Å²) in [5.41, 5.74) is 2.32. The van der Waals surface area contributed by atoms with Gasteiger partial charge in [0.2, 0.25) is 11.8 Å². The first-order valence-electron chi connectivity index (χ1n) is 14.5. The molecule has 1 aliphatic heterocycles. The minimum atomic E-state index is -0.584. The molecule has 4 rings (SSSR count). The largest absolute Gasteiger partial charge is 0.457 e. The van der Waals surface area contributed by atoms with Crippen molar-refractivity contribution in [1.29, 1.82) is 0 Å². The van der Waals surface area contributed by atoms with Gasteiger partial charge in [-0.15, -0.1) is 0 Å². The van der Waals surface area contributed by atoms with E-state index in [9.17, 15) is 14.4 Å². The maximum atomic E-state index is 13.7. The minimum absolute atomic E-state index is 0.0423. The first-order chi connectivity index (χ1) is 20.1. The third-order valence-corrected chi connectivity index (χ3v) is 7.07. The van der Waals surface area contributed by atoms with Crippen molar-refractivity contribution in [3.05, 3.63) is 95.6 Å². The Morgan fingerprint density at radius 1 is 0.857 bits per heavy atom. The van der Waals surface area contributed by atoms with Gasteiger partial charge in [-0.1, -0.05) is 66.7 Å². The van der Waals surface area contributed by atoms with Crippen molar-refractivity contribution in [2.45, 2.75) is 65.1 Å². The number of nitrogens with zero attached hydrogens (tertiary/aromatic N) is 2. The Labute approximate surface area is 248 Å². The average Bonchev–Trinajstić information content (AvgIpc) is 2.95. The van der Waals surface area contributed by atoms with Crippen molar-refractivity contribution in [2.24, 2.45) is 0 Å². The molecule has 1 saturated heterocycles. The number of para-hydroxylation sites is 2. The van der Waals surface area contributed by atoms with Crippen LogP contribution in [-0.4, -0.2) is 59.0 Å². The molecule has 222 valence electrons. The summed E-state index contributed by atoms with van der Waals surface area (Å²) in [5.74, 6) is 1.27. The monoisotopic (exact) mass is 571 g/mol. The lowest BCUT2D eigenvalue weighted by Gasteiger charge is -2.42. The molecular weight excluding hydrogens is 530 g/mol. The van der Waals surface area contributed by atoms with E-state index in [1.54, 1.807) is 4.90 Å². The predicted molar refractivity (Wildman–Crippen MR) is 162 cm³/mol. The maximum Gasteiger partial charge on any atom is 0.410 e. The van der Waals surface area contributed by atoms with Crippen LogP contribution in [0.15, 0.2) is 78.9 Å². The number of amides is 3. The second-order valence-electron chi connectivity index (χ2n) is 11.6. The van der Waals surface area contributed by atoms with Gasteiger partial charge in [0.15, 0.2) is 0 Å². The number of aryl methyl sites for hydroxylation is 1. The zero-order valence-corrected chi connectivity index (χ0v) is 25.0. The van der Waals surface area contributed by atoms with E-state index >= 15 is 0 Å². The molecule has 0 aliphatic carbocycles. The summed E-state index contributed by atoms with van der Waals surface area (Å²) in [4.78, 5) is 41.6. The van der Waals surface area contributed by atoms with E-state index in [1.165, 1.54) is 6.92 Å². The van der Waals surface area contributed by atoms with Crippen molar-refractivity contribution in [2.75, 3.05) is 19.6 Å². The summed E-state index contributed by atoms with van der Waals surface area (Å²) in [5, 5.41) is 2.82. The van der Waals surface area contributed by atoms with E-state index in [2.05, 4.69) is 5.32 Å². The highest BCUT2D eigenvalue weighted by atomic mass is 16.6. The number of ether oxygens (including phenoxy) is 2. The van der Waals surface area contributed by atoms with Crippen molar-refractivity contribution in [3.8, 4) is 11.5 Å². The third kappa shape index (κ3) is 8.83. The summed E-state index contributed by atoms with van der Waals surface area (Å²) in [6, 6.07) is 25.2. The van der Waals surface area contributed by atoms with Crippen molar-refractivity contribution in [1.82, 2.24) is 15.1 Å². The number of carbonyl (C=O) groups excluding carboxylic acids is 3. The number of carbonyl (C=O) groups is 3. The van der Waals surface area contributed by atoms with Gasteiger partial charge in [-0.25, -0.2) is 4.79 Å². The highest BCUT2D eigenvalue weighted by molar-refractivity contribution is 5.78. The Hall–Kier alpha value is -4.33. The molecule has 0 saturated carbocycles. The maximum absolute atomic E-state index is 13.7. The van der Waals surface area contributed by atoms with Crippen molar-refractivity contribution >= 4 is 17.9 Å². The normalized spacial score (nSPS) is 15.2. The van der Waals surface area contributed by atoms with Gasteiger partial charge >= 0.3 is 6.09 Å². The van der Waals surface area contributed by atoms with Gasteiger partial charge in [0.25, 0.3) is 0 Å². The molecule has 3 aromatic rings. The first-order valence-corrected chi connectivity index (χ1v) is 14.5. The van der Waals surface area contributed by atoms with Crippen LogP contribution in [0.4, 0.5) is 4.79 Å². The van der Waals surface area contributed by atoms with Gasteiger partial charge in [-0.3, -0.25) is 9.59 Å². The smallest absolute Gasteiger partial charge is 0.410 e. The van der Waals surface area contributed by atoms with E-state index in [1.807, 2.05) is 105 Å². The lowest BCUT2D eigenvalue weighted by atomic mass is 10.0. The Kier molecular flexibility index (Phi) is 10.2. The fourth-order valence-corrected chi connectivity index (χ4v) is 5.02. The molecule has 3 aromatic carbocycles. The molecule has 1 aliphatic rings. The molecule has 8 nitrogen and oxygen atoms in total. The molecule has 0 bridgehead atoms. The Morgan fingerprint density at radius 2 is 1.48 bits per heavy atom. The second kappa shape index (κ2) is 14.0.